The summed E-state index contributed by atoms with van der Waals surface area (Å²) in [7, 11) is 3.86. The topological polar surface area (TPSA) is 53.1 Å². The molecule has 0 aromatic heterocycles. The first-order chi connectivity index (χ1) is 9.38. The summed E-state index contributed by atoms with van der Waals surface area (Å²) in [5, 5.41) is 0. The van der Waals surface area contributed by atoms with E-state index in [1.165, 1.54) is 0 Å². The minimum Gasteiger partial charge on any atom is -0.450 e. The number of piperazine rings is 1. The Labute approximate surface area is 121 Å². The van der Waals surface area contributed by atoms with Crippen LogP contribution in [0.3, 0.4) is 0 Å². The van der Waals surface area contributed by atoms with Crippen molar-refractivity contribution in [3.8, 4) is 0 Å². The first-order valence-electron chi connectivity index (χ1n) is 7.25. The van der Waals surface area contributed by atoms with E-state index in [0.29, 0.717) is 32.8 Å². The Balaban J connectivity index is 2.56. The van der Waals surface area contributed by atoms with E-state index in [2.05, 4.69) is 13.8 Å². The van der Waals surface area contributed by atoms with Gasteiger partial charge in [0.05, 0.1) is 12.6 Å². The van der Waals surface area contributed by atoms with Crippen molar-refractivity contribution in [1.82, 2.24) is 14.7 Å². The van der Waals surface area contributed by atoms with Crippen molar-refractivity contribution in [3.63, 3.8) is 0 Å². The van der Waals surface area contributed by atoms with Crippen LogP contribution in [-0.2, 0) is 9.53 Å². The summed E-state index contributed by atoms with van der Waals surface area (Å²) in [6, 6.07) is -0.107. The molecule has 0 unspecified atom stereocenters. The van der Waals surface area contributed by atoms with Crippen molar-refractivity contribution in [3.05, 3.63) is 0 Å². The number of carbonyl (C=O) groups excluding carboxylic acids is 2. The number of hydrogen-bond donors (Lipinski definition) is 0. The average molecular weight is 285 g/mol. The van der Waals surface area contributed by atoms with Gasteiger partial charge in [0, 0.05) is 26.2 Å². The van der Waals surface area contributed by atoms with Crippen molar-refractivity contribution < 1.29 is 14.3 Å². The fourth-order valence-electron chi connectivity index (χ4n) is 2.61. The summed E-state index contributed by atoms with van der Waals surface area (Å²) in [4.78, 5) is 29.6. The highest BCUT2D eigenvalue weighted by molar-refractivity contribution is 5.82. The monoisotopic (exact) mass is 285 g/mol. The van der Waals surface area contributed by atoms with Gasteiger partial charge in [-0.1, -0.05) is 13.8 Å². The van der Waals surface area contributed by atoms with E-state index < -0.39 is 0 Å². The molecule has 1 heterocycles. The van der Waals surface area contributed by atoms with E-state index in [0.717, 1.165) is 0 Å². The van der Waals surface area contributed by atoms with E-state index in [1.807, 2.05) is 23.9 Å². The molecule has 6 nitrogen and oxygen atoms in total. The third kappa shape index (κ3) is 4.10. The quantitative estimate of drug-likeness (QED) is 0.769. The molecule has 1 aliphatic rings. The van der Waals surface area contributed by atoms with Crippen LogP contribution in [0.2, 0.25) is 0 Å². The van der Waals surface area contributed by atoms with E-state index in [4.69, 9.17) is 4.74 Å². The van der Waals surface area contributed by atoms with Crippen molar-refractivity contribution in [2.45, 2.75) is 26.8 Å². The molecule has 1 atom stereocenters. The van der Waals surface area contributed by atoms with Gasteiger partial charge in [-0.2, -0.15) is 0 Å². The molecule has 1 fully saturated rings. The van der Waals surface area contributed by atoms with Gasteiger partial charge in [0.1, 0.15) is 0 Å². The molecule has 0 saturated carbocycles. The number of amides is 2. The van der Waals surface area contributed by atoms with Gasteiger partial charge in [-0.15, -0.1) is 0 Å². The van der Waals surface area contributed by atoms with Gasteiger partial charge in [0.2, 0.25) is 5.91 Å². The molecule has 1 rings (SSSR count). The first kappa shape index (κ1) is 16.8. The zero-order valence-electron chi connectivity index (χ0n) is 13.3. The molecule has 0 N–H and O–H groups in total. The number of nitrogens with zero attached hydrogens (tertiary/aromatic N) is 3. The standard InChI is InChI=1S/C14H27N3O3/c1-6-20-14(19)17-9-7-16(8-10-17)13(18)12(11(2)3)15(4)5/h11-12H,6-10H2,1-5H3/t12-/m0/s1. The van der Waals surface area contributed by atoms with E-state index in [-0.39, 0.29) is 24.0 Å². The highest BCUT2D eigenvalue weighted by atomic mass is 16.6. The molecule has 2 amide bonds. The molecule has 6 heteroatoms. The second-order valence-corrected chi connectivity index (χ2v) is 5.66. The largest absolute Gasteiger partial charge is 0.450 e. The Hall–Kier alpha value is -1.30. The van der Waals surface area contributed by atoms with Crippen LogP contribution in [0, 0.1) is 5.92 Å². The fraction of sp³-hybridized carbons (Fsp3) is 0.857. The molecular weight excluding hydrogens is 258 g/mol. The van der Waals surface area contributed by atoms with Crippen LogP contribution in [-0.4, -0.2) is 79.6 Å². The van der Waals surface area contributed by atoms with Gasteiger partial charge < -0.3 is 14.5 Å². The number of hydrogen-bond acceptors (Lipinski definition) is 4. The molecule has 20 heavy (non-hydrogen) atoms. The van der Waals surface area contributed by atoms with Gasteiger partial charge in [-0.25, -0.2) is 4.79 Å². The Morgan fingerprint density at radius 3 is 2.00 bits per heavy atom. The fourth-order valence-corrected chi connectivity index (χ4v) is 2.61. The minimum atomic E-state index is -0.285. The maximum atomic E-state index is 12.5. The van der Waals surface area contributed by atoms with Crippen LogP contribution in [0.5, 0.6) is 0 Å². The van der Waals surface area contributed by atoms with Crippen LogP contribution >= 0.6 is 0 Å². The van der Waals surface area contributed by atoms with Crippen molar-refractivity contribution in [1.29, 1.82) is 0 Å². The molecule has 0 aromatic rings. The molecule has 1 saturated heterocycles. The van der Waals surface area contributed by atoms with Gasteiger partial charge in [0.25, 0.3) is 0 Å². The number of likely N-dealkylation sites (N-methyl/N-ethyl adjacent to an activating group) is 1. The second-order valence-electron chi connectivity index (χ2n) is 5.66. The zero-order valence-corrected chi connectivity index (χ0v) is 13.3. The Kier molecular flexibility index (Phi) is 6.26. The summed E-state index contributed by atoms with van der Waals surface area (Å²) in [6.07, 6.45) is -0.285. The van der Waals surface area contributed by atoms with Crippen LogP contribution in [0.1, 0.15) is 20.8 Å². The van der Waals surface area contributed by atoms with Gasteiger partial charge in [-0.3, -0.25) is 9.69 Å². The molecule has 0 spiro atoms. The molecule has 0 aromatic carbocycles. The molecule has 116 valence electrons. The smallest absolute Gasteiger partial charge is 0.409 e. The summed E-state index contributed by atoms with van der Waals surface area (Å²) in [5.74, 6) is 0.411. The third-order valence-electron chi connectivity index (χ3n) is 3.56. The van der Waals surface area contributed by atoms with Gasteiger partial charge in [-0.05, 0) is 26.9 Å². The van der Waals surface area contributed by atoms with E-state index in [1.54, 1.807) is 11.8 Å². The Morgan fingerprint density at radius 2 is 1.60 bits per heavy atom. The molecule has 0 aliphatic carbocycles. The van der Waals surface area contributed by atoms with Crippen LogP contribution < -0.4 is 0 Å². The molecular formula is C14H27N3O3. The lowest BCUT2D eigenvalue weighted by Crippen LogP contribution is -2.56. The minimum absolute atomic E-state index is 0.107. The predicted molar refractivity (Wildman–Crippen MR) is 77.5 cm³/mol. The maximum Gasteiger partial charge on any atom is 0.409 e. The highest BCUT2D eigenvalue weighted by Gasteiger charge is 2.31. The normalized spacial score (nSPS) is 17.6. The molecule has 0 bridgehead atoms. The molecule has 0 radical (unpaired) electrons. The Morgan fingerprint density at radius 1 is 1.10 bits per heavy atom. The predicted octanol–water partition coefficient (Wildman–Crippen LogP) is 0.873. The summed E-state index contributed by atoms with van der Waals surface area (Å²) in [6.45, 7) is 8.53. The third-order valence-corrected chi connectivity index (χ3v) is 3.56. The van der Waals surface area contributed by atoms with Gasteiger partial charge >= 0.3 is 6.09 Å². The number of ether oxygens (including phenoxy) is 1. The summed E-state index contributed by atoms with van der Waals surface area (Å²) in [5.41, 5.74) is 0. The summed E-state index contributed by atoms with van der Waals surface area (Å²) < 4.78 is 4.98. The van der Waals surface area contributed by atoms with E-state index >= 15 is 0 Å². The van der Waals surface area contributed by atoms with Crippen molar-refractivity contribution in [2.75, 3.05) is 46.9 Å². The highest BCUT2D eigenvalue weighted by Crippen LogP contribution is 2.13. The molecule has 1 aliphatic heterocycles. The van der Waals surface area contributed by atoms with Crippen molar-refractivity contribution in [2.24, 2.45) is 5.92 Å². The lowest BCUT2D eigenvalue weighted by molar-refractivity contribution is -0.139. The van der Waals surface area contributed by atoms with Crippen LogP contribution in [0.15, 0.2) is 0 Å². The number of carbonyl (C=O) groups is 2. The average Bonchev–Trinajstić information content (AvgIpc) is 2.38. The summed E-state index contributed by atoms with van der Waals surface area (Å²) >= 11 is 0. The lowest BCUT2D eigenvalue weighted by atomic mass is 10.0. The first-order valence-corrected chi connectivity index (χ1v) is 7.25. The van der Waals surface area contributed by atoms with E-state index in [9.17, 15) is 9.59 Å². The Bertz CT molecular complexity index is 329. The zero-order chi connectivity index (χ0) is 15.3. The van der Waals surface area contributed by atoms with Crippen molar-refractivity contribution >= 4 is 12.0 Å². The van der Waals surface area contributed by atoms with Gasteiger partial charge in [0.15, 0.2) is 0 Å². The number of rotatable bonds is 4. The second kappa shape index (κ2) is 7.47. The van der Waals surface area contributed by atoms with Crippen LogP contribution in [0.4, 0.5) is 4.79 Å². The maximum absolute atomic E-state index is 12.5. The SMILES string of the molecule is CCOC(=O)N1CCN(C(=O)[C@H](C(C)C)N(C)C)CC1. The lowest BCUT2D eigenvalue weighted by Gasteiger charge is -2.38. The van der Waals surface area contributed by atoms with Crippen LogP contribution in [0.25, 0.3) is 0 Å².